The molecule has 15 nitrogen and oxygen atoms in total. The molecular weight excluding hydrogens is 598 g/mol. The number of aromatic nitrogens is 2. The molecule has 0 saturated heterocycles. The lowest BCUT2D eigenvalue weighted by Gasteiger charge is -2.27. The molecule has 9 N–H and O–H groups in total. The summed E-state index contributed by atoms with van der Waals surface area (Å²) in [6.45, 7) is 7.21. The molecule has 0 aliphatic heterocycles. The van der Waals surface area contributed by atoms with Crippen LogP contribution in [0.2, 0.25) is 0 Å². The quantitative estimate of drug-likeness (QED) is 0.103. The average molecular weight is 644 g/mol. The summed E-state index contributed by atoms with van der Waals surface area (Å²) in [5.74, 6) is -6.06. The first-order valence-corrected chi connectivity index (χ1v) is 15.1. The van der Waals surface area contributed by atoms with Crippen LogP contribution in [0.4, 0.5) is 0 Å². The minimum atomic E-state index is -1.61. The number of amides is 4. The molecule has 15 heteroatoms. The maximum absolute atomic E-state index is 13.4. The maximum Gasteiger partial charge on any atom is 0.326 e. The molecule has 1 aromatic carbocycles. The number of rotatable bonds is 19. The number of H-pyrrole nitrogens is 1. The normalized spacial score (nSPS) is 14.4. The standard InChI is InChI=1S/C31H45N7O8/c1-17(2)10-22(35-27(41)21(32)13-20-15-33-16-34-20)28(42)37-24(14-26(39)40)30(44)36-23(11-18(3)4)29(43)38-25(31(45)46)12-19-8-6-5-7-9-19/h5-9,15-18,21-25H,10-14,32H2,1-4H3,(H,33,34)(H,35,41)(H,36,44)(H,37,42)(H,38,43)(H,39,40)(H,45,46)/t21-,22-,23-,24-,25-/m0/s1. The molecule has 5 atom stereocenters. The van der Waals surface area contributed by atoms with Crippen LogP contribution in [0.3, 0.4) is 0 Å². The van der Waals surface area contributed by atoms with Crippen LogP contribution in [0.1, 0.15) is 58.2 Å². The van der Waals surface area contributed by atoms with Gasteiger partial charge in [0.15, 0.2) is 0 Å². The molecule has 0 fully saturated rings. The number of benzene rings is 1. The lowest BCUT2D eigenvalue weighted by molar-refractivity contribution is -0.143. The van der Waals surface area contributed by atoms with Crippen molar-refractivity contribution in [2.24, 2.45) is 17.6 Å². The van der Waals surface area contributed by atoms with Gasteiger partial charge < -0.3 is 42.2 Å². The molecule has 0 bridgehead atoms. The van der Waals surface area contributed by atoms with E-state index in [-0.39, 0.29) is 37.5 Å². The van der Waals surface area contributed by atoms with Crippen LogP contribution in [0.15, 0.2) is 42.9 Å². The maximum atomic E-state index is 13.4. The highest BCUT2D eigenvalue weighted by Crippen LogP contribution is 2.11. The second kappa shape index (κ2) is 18.2. The highest BCUT2D eigenvalue weighted by atomic mass is 16.4. The molecule has 4 amide bonds. The summed E-state index contributed by atoms with van der Waals surface area (Å²) in [5.41, 5.74) is 7.30. The van der Waals surface area contributed by atoms with E-state index in [4.69, 9.17) is 5.73 Å². The molecule has 46 heavy (non-hydrogen) atoms. The molecule has 0 spiro atoms. The van der Waals surface area contributed by atoms with Crippen molar-refractivity contribution in [2.45, 2.75) is 90.0 Å². The van der Waals surface area contributed by atoms with Crippen LogP contribution in [-0.4, -0.2) is 86.0 Å². The Morgan fingerprint density at radius 2 is 1.24 bits per heavy atom. The van der Waals surface area contributed by atoms with Gasteiger partial charge in [-0.05, 0) is 30.2 Å². The van der Waals surface area contributed by atoms with Gasteiger partial charge in [-0.2, -0.15) is 0 Å². The number of nitrogens with one attached hydrogen (secondary N) is 5. The van der Waals surface area contributed by atoms with Crippen LogP contribution < -0.4 is 27.0 Å². The summed E-state index contributed by atoms with van der Waals surface area (Å²) in [6, 6.07) is 2.38. The molecule has 0 saturated carbocycles. The minimum Gasteiger partial charge on any atom is -0.481 e. The Labute approximate surface area is 267 Å². The minimum absolute atomic E-state index is 0.00351. The van der Waals surface area contributed by atoms with Gasteiger partial charge >= 0.3 is 11.9 Å². The molecule has 0 radical (unpaired) electrons. The van der Waals surface area contributed by atoms with E-state index in [1.165, 1.54) is 12.5 Å². The average Bonchev–Trinajstić information content (AvgIpc) is 3.48. The summed E-state index contributed by atoms with van der Waals surface area (Å²) in [6.07, 6.45) is 2.51. The first-order valence-electron chi connectivity index (χ1n) is 15.1. The zero-order chi connectivity index (χ0) is 34.4. The SMILES string of the molecule is CC(C)C[C@H](NC(=O)[C@H](CC(=O)O)NC(=O)[C@H](CC(C)C)NC(=O)[C@@H](N)Cc1cnc[nH]1)C(=O)N[C@@H](Cc1ccccc1)C(=O)O. The molecule has 1 aromatic heterocycles. The third-order valence-electron chi connectivity index (χ3n) is 6.92. The van der Waals surface area contributed by atoms with Crippen molar-refractivity contribution in [1.82, 2.24) is 31.2 Å². The van der Waals surface area contributed by atoms with Crippen LogP contribution in [0.5, 0.6) is 0 Å². The smallest absolute Gasteiger partial charge is 0.326 e. The number of nitrogens with two attached hydrogens (primary N) is 1. The van der Waals surface area contributed by atoms with E-state index in [0.29, 0.717) is 11.3 Å². The summed E-state index contributed by atoms with van der Waals surface area (Å²) in [4.78, 5) is 83.1. The van der Waals surface area contributed by atoms with Crippen LogP contribution in [0, 0.1) is 11.8 Å². The van der Waals surface area contributed by atoms with Crippen molar-refractivity contribution in [3.05, 3.63) is 54.1 Å². The highest BCUT2D eigenvalue weighted by Gasteiger charge is 2.33. The molecule has 0 aliphatic carbocycles. The van der Waals surface area contributed by atoms with E-state index in [1.807, 2.05) is 13.8 Å². The summed E-state index contributed by atoms with van der Waals surface area (Å²) in [7, 11) is 0. The lowest BCUT2D eigenvalue weighted by Crippen LogP contribution is -2.59. The Morgan fingerprint density at radius 3 is 1.72 bits per heavy atom. The number of carbonyl (C=O) groups is 6. The predicted molar refractivity (Wildman–Crippen MR) is 167 cm³/mol. The number of aliphatic carboxylic acids is 2. The Hall–Kier alpha value is -4.79. The zero-order valence-corrected chi connectivity index (χ0v) is 26.5. The third kappa shape index (κ3) is 13.1. The monoisotopic (exact) mass is 643 g/mol. The van der Waals surface area contributed by atoms with Gasteiger partial charge in [0.05, 0.1) is 18.8 Å². The van der Waals surface area contributed by atoms with Crippen LogP contribution in [0.25, 0.3) is 0 Å². The number of hydrogen-bond donors (Lipinski definition) is 8. The van der Waals surface area contributed by atoms with Gasteiger partial charge in [-0.25, -0.2) is 9.78 Å². The van der Waals surface area contributed by atoms with Gasteiger partial charge in [0.2, 0.25) is 23.6 Å². The molecular formula is C31H45N7O8. The summed E-state index contributed by atoms with van der Waals surface area (Å²) < 4.78 is 0. The first-order chi connectivity index (χ1) is 21.7. The lowest BCUT2D eigenvalue weighted by atomic mass is 10.00. The number of imidazole rings is 1. The van der Waals surface area contributed by atoms with Crippen molar-refractivity contribution in [1.29, 1.82) is 0 Å². The predicted octanol–water partition coefficient (Wildman–Crippen LogP) is 0.113. The molecule has 0 aliphatic rings. The Morgan fingerprint density at radius 1 is 0.739 bits per heavy atom. The van der Waals surface area contributed by atoms with Gasteiger partial charge in [-0.1, -0.05) is 58.0 Å². The van der Waals surface area contributed by atoms with Crippen LogP contribution in [-0.2, 0) is 41.6 Å². The van der Waals surface area contributed by atoms with Crippen molar-refractivity contribution in [3.8, 4) is 0 Å². The number of aromatic amines is 1. The van der Waals surface area contributed by atoms with Crippen molar-refractivity contribution >= 4 is 35.6 Å². The molecule has 1 heterocycles. The Kier molecular flexibility index (Phi) is 14.8. The second-order valence-electron chi connectivity index (χ2n) is 12.0. The van der Waals surface area contributed by atoms with E-state index < -0.39 is 72.2 Å². The van der Waals surface area contributed by atoms with E-state index in [2.05, 4.69) is 31.2 Å². The first kappa shape index (κ1) is 37.4. The molecule has 2 aromatic rings. The zero-order valence-electron chi connectivity index (χ0n) is 26.5. The van der Waals surface area contributed by atoms with Crippen molar-refractivity contribution < 1.29 is 39.0 Å². The molecule has 252 valence electrons. The number of carboxylic acid groups (broad SMARTS) is 2. The fourth-order valence-electron chi connectivity index (χ4n) is 4.66. The highest BCUT2D eigenvalue weighted by molar-refractivity contribution is 5.96. The number of carboxylic acids is 2. The fourth-order valence-corrected chi connectivity index (χ4v) is 4.66. The van der Waals surface area contributed by atoms with Crippen molar-refractivity contribution in [3.63, 3.8) is 0 Å². The number of hydrogen-bond acceptors (Lipinski definition) is 8. The van der Waals surface area contributed by atoms with Gasteiger partial charge in [0.1, 0.15) is 24.2 Å². The van der Waals surface area contributed by atoms with E-state index >= 15 is 0 Å². The Balaban J connectivity index is 2.19. The van der Waals surface area contributed by atoms with Crippen LogP contribution >= 0.6 is 0 Å². The summed E-state index contributed by atoms with van der Waals surface area (Å²) >= 11 is 0. The van der Waals surface area contributed by atoms with Gasteiger partial charge in [0.25, 0.3) is 0 Å². The van der Waals surface area contributed by atoms with Gasteiger partial charge in [-0.3, -0.25) is 24.0 Å². The Bertz CT molecular complexity index is 1320. The largest absolute Gasteiger partial charge is 0.481 e. The topological polar surface area (TPSA) is 246 Å². The van der Waals surface area contributed by atoms with E-state index in [9.17, 15) is 39.0 Å². The fraction of sp³-hybridized carbons (Fsp3) is 0.516. The second-order valence-corrected chi connectivity index (χ2v) is 12.0. The van der Waals surface area contributed by atoms with Gasteiger partial charge in [0, 0.05) is 24.7 Å². The molecule has 2 rings (SSSR count). The molecule has 0 unspecified atom stereocenters. The third-order valence-corrected chi connectivity index (χ3v) is 6.92. The van der Waals surface area contributed by atoms with E-state index in [1.54, 1.807) is 44.2 Å². The number of carbonyl (C=O) groups excluding carboxylic acids is 4. The van der Waals surface area contributed by atoms with Crippen molar-refractivity contribution in [2.75, 3.05) is 0 Å². The number of nitrogens with zero attached hydrogens (tertiary/aromatic N) is 1. The summed E-state index contributed by atoms with van der Waals surface area (Å²) in [5, 5.41) is 29.2. The van der Waals surface area contributed by atoms with Gasteiger partial charge in [-0.15, -0.1) is 0 Å². The van der Waals surface area contributed by atoms with E-state index in [0.717, 1.165) is 0 Å².